The summed E-state index contributed by atoms with van der Waals surface area (Å²) in [5, 5.41) is 6.56. The highest BCUT2D eigenvalue weighted by Gasteiger charge is 2.27. The van der Waals surface area contributed by atoms with Gasteiger partial charge in [0.05, 0.1) is 0 Å². The molecule has 1 saturated heterocycles. The van der Waals surface area contributed by atoms with E-state index in [9.17, 15) is 9.59 Å². The molecule has 110 valence electrons. The van der Waals surface area contributed by atoms with E-state index in [0.29, 0.717) is 25.3 Å². The molecule has 1 fully saturated rings. The molecule has 0 bridgehead atoms. The molecule has 20 heavy (non-hydrogen) atoms. The van der Waals surface area contributed by atoms with Crippen molar-refractivity contribution in [3.8, 4) is 0 Å². The lowest BCUT2D eigenvalue weighted by Crippen LogP contribution is -2.38. The Labute approximate surface area is 117 Å². The number of nitrogens with one attached hydrogen (secondary N) is 1. The van der Waals surface area contributed by atoms with Gasteiger partial charge in [0.1, 0.15) is 6.61 Å². The molecule has 2 amide bonds. The van der Waals surface area contributed by atoms with Crippen LogP contribution in [0, 0.1) is 0 Å². The molecule has 7 nitrogen and oxygen atoms in total. The maximum Gasteiger partial charge on any atom is 0.273 e. The predicted molar refractivity (Wildman–Crippen MR) is 70.0 cm³/mol. The molecule has 0 saturated carbocycles. The van der Waals surface area contributed by atoms with Crippen molar-refractivity contribution >= 4 is 11.8 Å². The van der Waals surface area contributed by atoms with Gasteiger partial charge in [0.15, 0.2) is 11.5 Å². The Morgan fingerprint density at radius 2 is 2.40 bits per heavy atom. The van der Waals surface area contributed by atoms with E-state index in [1.54, 1.807) is 18.1 Å². The highest BCUT2D eigenvalue weighted by Crippen LogP contribution is 2.12. The van der Waals surface area contributed by atoms with Crippen molar-refractivity contribution in [2.75, 3.05) is 20.2 Å². The molecule has 0 spiro atoms. The summed E-state index contributed by atoms with van der Waals surface area (Å²) in [6.07, 6.45) is 1.25. The van der Waals surface area contributed by atoms with Crippen LogP contribution in [0.3, 0.4) is 0 Å². The number of ether oxygens (including phenoxy) is 1. The lowest BCUT2D eigenvalue weighted by molar-refractivity contribution is -0.129. The van der Waals surface area contributed by atoms with Gasteiger partial charge in [-0.15, -0.1) is 0 Å². The molecule has 1 aliphatic heterocycles. The smallest absolute Gasteiger partial charge is 0.273 e. The summed E-state index contributed by atoms with van der Waals surface area (Å²) in [4.78, 5) is 25.3. The van der Waals surface area contributed by atoms with Gasteiger partial charge in [-0.3, -0.25) is 9.59 Å². The number of methoxy groups -OCH3 is 1. The van der Waals surface area contributed by atoms with Crippen molar-refractivity contribution in [2.24, 2.45) is 0 Å². The Morgan fingerprint density at radius 1 is 1.60 bits per heavy atom. The van der Waals surface area contributed by atoms with Crippen molar-refractivity contribution in [2.45, 2.75) is 32.4 Å². The van der Waals surface area contributed by atoms with Gasteiger partial charge in [-0.25, -0.2) is 0 Å². The fourth-order valence-electron chi connectivity index (χ4n) is 2.22. The van der Waals surface area contributed by atoms with Crippen LogP contribution in [0.4, 0.5) is 0 Å². The number of rotatable bonds is 5. The van der Waals surface area contributed by atoms with Crippen molar-refractivity contribution in [3.05, 3.63) is 17.5 Å². The van der Waals surface area contributed by atoms with Crippen LogP contribution in [0.25, 0.3) is 0 Å². The number of amides is 2. The quantitative estimate of drug-likeness (QED) is 0.852. The van der Waals surface area contributed by atoms with Crippen LogP contribution in [0.2, 0.25) is 0 Å². The fourth-order valence-corrected chi connectivity index (χ4v) is 2.22. The van der Waals surface area contributed by atoms with Crippen molar-refractivity contribution in [1.82, 2.24) is 15.4 Å². The summed E-state index contributed by atoms with van der Waals surface area (Å²) in [5.74, 6) is 0.337. The lowest BCUT2D eigenvalue weighted by Gasteiger charge is -2.15. The molecule has 1 aromatic rings. The van der Waals surface area contributed by atoms with E-state index in [-0.39, 0.29) is 30.2 Å². The van der Waals surface area contributed by atoms with Crippen LogP contribution >= 0.6 is 0 Å². The minimum atomic E-state index is -0.285. The van der Waals surface area contributed by atoms with E-state index >= 15 is 0 Å². The molecule has 0 radical (unpaired) electrons. The summed E-state index contributed by atoms with van der Waals surface area (Å²) >= 11 is 0. The monoisotopic (exact) mass is 281 g/mol. The Hall–Kier alpha value is -1.89. The molecular formula is C13H19N3O4. The van der Waals surface area contributed by atoms with E-state index in [2.05, 4.69) is 10.5 Å². The van der Waals surface area contributed by atoms with Crippen LogP contribution in [-0.2, 0) is 16.1 Å². The van der Waals surface area contributed by atoms with E-state index in [4.69, 9.17) is 9.26 Å². The van der Waals surface area contributed by atoms with Gasteiger partial charge in [-0.2, -0.15) is 0 Å². The number of hydrogen-bond donors (Lipinski definition) is 1. The maximum atomic E-state index is 12.0. The number of carbonyl (C=O) groups is 2. The first-order valence-electron chi connectivity index (χ1n) is 6.67. The molecule has 1 N–H and O–H groups in total. The van der Waals surface area contributed by atoms with E-state index < -0.39 is 0 Å². The molecule has 1 atom stereocenters. The zero-order chi connectivity index (χ0) is 14.5. The summed E-state index contributed by atoms with van der Waals surface area (Å²) in [6, 6.07) is 1.53. The number of aromatic nitrogens is 1. The minimum absolute atomic E-state index is 0.0272. The second-order valence-corrected chi connectivity index (χ2v) is 4.76. The summed E-state index contributed by atoms with van der Waals surface area (Å²) in [5.41, 5.74) is 0.234. The largest absolute Gasteiger partial charge is 0.377 e. The van der Waals surface area contributed by atoms with Crippen molar-refractivity contribution in [3.63, 3.8) is 0 Å². The Bertz CT molecular complexity index is 486. The first-order chi connectivity index (χ1) is 9.63. The predicted octanol–water partition coefficient (Wildman–Crippen LogP) is 0.562. The van der Waals surface area contributed by atoms with Crippen LogP contribution < -0.4 is 5.32 Å². The average molecular weight is 281 g/mol. The summed E-state index contributed by atoms with van der Waals surface area (Å²) in [6.45, 7) is 3.36. The SMILES string of the molecule is CCC(=O)N1CCC(NC(=O)c2cc(COC)on2)C1. The Balaban J connectivity index is 1.87. The fraction of sp³-hybridized carbons (Fsp3) is 0.615. The van der Waals surface area contributed by atoms with Gasteiger partial charge in [0.25, 0.3) is 5.91 Å². The molecule has 1 aliphatic rings. The number of hydrogen-bond acceptors (Lipinski definition) is 5. The molecule has 0 aromatic carbocycles. The molecule has 1 unspecified atom stereocenters. The lowest BCUT2D eigenvalue weighted by atomic mass is 10.2. The van der Waals surface area contributed by atoms with Gasteiger partial charge < -0.3 is 19.5 Å². The third-order valence-electron chi connectivity index (χ3n) is 3.26. The topological polar surface area (TPSA) is 84.7 Å². The highest BCUT2D eigenvalue weighted by molar-refractivity contribution is 5.92. The van der Waals surface area contributed by atoms with E-state index in [1.165, 1.54) is 0 Å². The van der Waals surface area contributed by atoms with Crippen LogP contribution in [0.15, 0.2) is 10.6 Å². The molecule has 2 heterocycles. The summed E-state index contributed by atoms with van der Waals surface area (Å²) < 4.78 is 9.86. The minimum Gasteiger partial charge on any atom is -0.377 e. The zero-order valence-corrected chi connectivity index (χ0v) is 11.7. The van der Waals surface area contributed by atoms with Gasteiger partial charge >= 0.3 is 0 Å². The standard InChI is InChI=1S/C13H19N3O4/c1-3-12(17)16-5-4-9(7-16)14-13(18)11-6-10(8-19-2)20-15-11/h6,9H,3-5,7-8H2,1-2H3,(H,14,18). The maximum absolute atomic E-state index is 12.0. The Morgan fingerprint density at radius 3 is 3.10 bits per heavy atom. The van der Waals surface area contributed by atoms with Gasteiger partial charge in [0.2, 0.25) is 5.91 Å². The average Bonchev–Trinajstić information content (AvgIpc) is 3.07. The molecule has 0 aliphatic carbocycles. The second-order valence-electron chi connectivity index (χ2n) is 4.76. The Kier molecular flexibility index (Phi) is 4.73. The van der Waals surface area contributed by atoms with Gasteiger partial charge in [-0.1, -0.05) is 12.1 Å². The summed E-state index contributed by atoms with van der Waals surface area (Å²) in [7, 11) is 1.54. The van der Waals surface area contributed by atoms with Crippen LogP contribution in [0.5, 0.6) is 0 Å². The molecule has 7 heteroatoms. The number of nitrogens with zero attached hydrogens (tertiary/aromatic N) is 2. The second kappa shape index (κ2) is 6.51. The van der Waals surface area contributed by atoms with Gasteiger partial charge in [0, 0.05) is 38.7 Å². The molecule has 1 aromatic heterocycles. The first-order valence-corrected chi connectivity index (χ1v) is 6.67. The zero-order valence-electron chi connectivity index (χ0n) is 11.7. The van der Waals surface area contributed by atoms with Gasteiger partial charge in [-0.05, 0) is 6.42 Å². The normalized spacial score (nSPS) is 18.3. The third-order valence-corrected chi connectivity index (χ3v) is 3.26. The third kappa shape index (κ3) is 3.36. The van der Waals surface area contributed by atoms with E-state index in [0.717, 1.165) is 6.42 Å². The molecule has 2 rings (SSSR count). The van der Waals surface area contributed by atoms with Crippen LogP contribution in [-0.4, -0.2) is 48.1 Å². The number of carbonyl (C=O) groups excluding carboxylic acids is 2. The first kappa shape index (κ1) is 14.5. The van der Waals surface area contributed by atoms with Crippen molar-refractivity contribution in [1.29, 1.82) is 0 Å². The van der Waals surface area contributed by atoms with Crippen LogP contribution in [0.1, 0.15) is 36.0 Å². The van der Waals surface area contributed by atoms with E-state index in [1.807, 2.05) is 6.92 Å². The number of likely N-dealkylation sites (tertiary alicyclic amines) is 1. The molecular weight excluding hydrogens is 262 g/mol. The highest BCUT2D eigenvalue weighted by atomic mass is 16.5. The van der Waals surface area contributed by atoms with Crippen molar-refractivity contribution < 1.29 is 18.8 Å².